The Hall–Kier alpha value is -3.35. The lowest BCUT2D eigenvalue weighted by atomic mass is 10.0. The van der Waals surface area contributed by atoms with Crippen LogP contribution in [0.2, 0.25) is 0 Å². The molecule has 3 aromatic carbocycles. The monoisotopic (exact) mass is 527 g/mol. The minimum absolute atomic E-state index is 0.205. The molecule has 168 valence electrons. The summed E-state index contributed by atoms with van der Waals surface area (Å²) >= 11 is 5.01. The molecule has 0 saturated carbocycles. The van der Waals surface area contributed by atoms with Crippen molar-refractivity contribution in [2.24, 2.45) is 0 Å². The van der Waals surface area contributed by atoms with Gasteiger partial charge in [-0.1, -0.05) is 69.5 Å². The van der Waals surface area contributed by atoms with Crippen molar-refractivity contribution < 1.29 is 4.79 Å². The molecule has 2 heterocycles. The Morgan fingerprint density at radius 3 is 2.41 bits per heavy atom. The number of fused-ring (bicyclic) bond motifs is 1. The highest BCUT2D eigenvalue weighted by atomic mass is 79.9. The minimum Gasteiger partial charge on any atom is -0.298 e. The summed E-state index contributed by atoms with van der Waals surface area (Å²) in [7, 11) is 0. The number of nitrogens with one attached hydrogen (secondary N) is 1. The molecule has 1 amide bonds. The van der Waals surface area contributed by atoms with Crippen LogP contribution in [0.25, 0.3) is 33.4 Å². The van der Waals surface area contributed by atoms with E-state index in [1.54, 1.807) is 0 Å². The molecule has 2 aromatic heterocycles. The molecule has 0 aliphatic rings. The van der Waals surface area contributed by atoms with E-state index in [1.807, 2.05) is 56.3 Å². The summed E-state index contributed by atoms with van der Waals surface area (Å²) in [5.74, 6) is -0.205. The molecular weight excluding hydrogens is 506 g/mol. The van der Waals surface area contributed by atoms with Crippen LogP contribution in [0.3, 0.4) is 0 Å². The molecule has 5 rings (SSSR count). The van der Waals surface area contributed by atoms with E-state index in [2.05, 4.69) is 58.5 Å². The molecule has 1 N–H and O–H groups in total. The van der Waals surface area contributed by atoms with Gasteiger partial charge in [-0.2, -0.15) is 0 Å². The van der Waals surface area contributed by atoms with Crippen molar-refractivity contribution in [2.45, 2.75) is 20.8 Å². The number of hydrogen-bond acceptors (Lipinski definition) is 4. The summed E-state index contributed by atoms with van der Waals surface area (Å²) in [5, 5.41) is 4.39. The van der Waals surface area contributed by atoms with E-state index < -0.39 is 0 Å². The first-order chi connectivity index (χ1) is 16.4. The predicted octanol–water partition coefficient (Wildman–Crippen LogP) is 7.97. The first-order valence-electron chi connectivity index (χ1n) is 10.9. The second-order valence-corrected chi connectivity index (χ2v) is 10.4. The van der Waals surface area contributed by atoms with Crippen molar-refractivity contribution in [3.8, 4) is 22.5 Å². The number of anilines is 1. The smallest absolute Gasteiger partial charge is 0.258 e. The van der Waals surface area contributed by atoms with Crippen LogP contribution in [0.15, 0.2) is 77.3 Å². The highest BCUT2D eigenvalue weighted by Crippen LogP contribution is 2.32. The third kappa shape index (κ3) is 4.52. The molecule has 0 aliphatic heterocycles. The molecule has 34 heavy (non-hydrogen) atoms. The van der Waals surface area contributed by atoms with Gasteiger partial charge < -0.3 is 0 Å². The molecule has 0 fully saturated rings. The van der Waals surface area contributed by atoms with Crippen molar-refractivity contribution in [3.05, 3.63) is 98.8 Å². The van der Waals surface area contributed by atoms with Gasteiger partial charge in [0.15, 0.2) is 5.13 Å². The molecule has 0 bridgehead atoms. The van der Waals surface area contributed by atoms with Crippen molar-refractivity contribution in [2.75, 3.05) is 5.32 Å². The van der Waals surface area contributed by atoms with Gasteiger partial charge in [0.05, 0.1) is 22.5 Å². The van der Waals surface area contributed by atoms with E-state index in [1.165, 1.54) is 16.9 Å². The third-order valence-corrected chi connectivity index (χ3v) is 7.05. The van der Waals surface area contributed by atoms with Gasteiger partial charge in [-0.05, 0) is 51.1 Å². The zero-order chi connectivity index (χ0) is 23.8. The average Bonchev–Trinajstić information content (AvgIpc) is 3.18. The third-order valence-electron chi connectivity index (χ3n) is 5.67. The summed E-state index contributed by atoms with van der Waals surface area (Å²) in [5.41, 5.74) is 7.34. The second kappa shape index (κ2) is 9.12. The number of nitrogens with zero attached hydrogens (tertiary/aromatic N) is 2. The SMILES string of the molecule is Cc1ccc(-c2nc(NC(=O)c3cc(-c4cccc(C)c4)nc4ccc(Br)cc34)sc2C)cc1. The predicted molar refractivity (Wildman–Crippen MR) is 145 cm³/mol. The van der Waals surface area contributed by atoms with Gasteiger partial charge in [0.1, 0.15) is 0 Å². The highest BCUT2D eigenvalue weighted by molar-refractivity contribution is 9.10. The second-order valence-electron chi connectivity index (χ2n) is 8.33. The van der Waals surface area contributed by atoms with E-state index in [-0.39, 0.29) is 5.91 Å². The summed E-state index contributed by atoms with van der Waals surface area (Å²) < 4.78 is 0.894. The number of halogens is 1. The minimum atomic E-state index is -0.205. The van der Waals surface area contributed by atoms with Crippen LogP contribution in [0, 0.1) is 20.8 Å². The van der Waals surface area contributed by atoms with Gasteiger partial charge in [-0.15, -0.1) is 11.3 Å². The number of thiazole rings is 1. The normalized spacial score (nSPS) is 11.1. The molecule has 0 radical (unpaired) electrons. The fraction of sp³-hybridized carbons (Fsp3) is 0.107. The number of benzene rings is 3. The lowest BCUT2D eigenvalue weighted by Gasteiger charge is -2.10. The Bertz CT molecular complexity index is 1540. The zero-order valence-electron chi connectivity index (χ0n) is 19.0. The zero-order valence-corrected chi connectivity index (χ0v) is 21.4. The summed E-state index contributed by atoms with van der Waals surface area (Å²) in [6.45, 7) is 6.13. The van der Waals surface area contributed by atoms with Gasteiger partial charge in [0.2, 0.25) is 0 Å². The van der Waals surface area contributed by atoms with Crippen molar-refractivity contribution >= 4 is 49.2 Å². The van der Waals surface area contributed by atoms with Crippen LogP contribution in [-0.2, 0) is 0 Å². The maximum absolute atomic E-state index is 13.5. The van der Waals surface area contributed by atoms with E-state index in [0.29, 0.717) is 10.7 Å². The average molecular weight is 528 g/mol. The molecular formula is C28H22BrN3OS. The van der Waals surface area contributed by atoms with E-state index >= 15 is 0 Å². The van der Waals surface area contributed by atoms with E-state index in [9.17, 15) is 4.79 Å². The fourth-order valence-electron chi connectivity index (χ4n) is 3.93. The maximum atomic E-state index is 13.5. The number of aryl methyl sites for hydroxylation is 3. The Balaban J connectivity index is 1.55. The fourth-order valence-corrected chi connectivity index (χ4v) is 5.12. The van der Waals surface area contributed by atoms with Crippen LogP contribution in [-0.4, -0.2) is 15.9 Å². The standard InChI is InChI=1S/C28H22BrN3OS/c1-16-7-9-19(10-8-16)26-18(3)34-28(31-26)32-27(33)23-15-25(20-6-4-5-17(2)13-20)30-24-12-11-21(29)14-22(23)24/h4-15H,1-3H3,(H,31,32,33). The van der Waals surface area contributed by atoms with Crippen molar-refractivity contribution in [1.29, 1.82) is 0 Å². The van der Waals surface area contributed by atoms with Gasteiger partial charge in [-0.25, -0.2) is 9.97 Å². The van der Waals surface area contributed by atoms with Crippen LogP contribution in [0.5, 0.6) is 0 Å². The van der Waals surface area contributed by atoms with Crippen LogP contribution >= 0.6 is 27.3 Å². The summed E-state index contributed by atoms with van der Waals surface area (Å²) in [6.07, 6.45) is 0. The first-order valence-corrected chi connectivity index (χ1v) is 12.5. The molecule has 0 saturated heterocycles. The van der Waals surface area contributed by atoms with E-state index in [4.69, 9.17) is 9.97 Å². The van der Waals surface area contributed by atoms with Crippen molar-refractivity contribution in [3.63, 3.8) is 0 Å². The number of rotatable bonds is 4. The largest absolute Gasteiger partial charge is 0.298 e. The number of carbonyl (C=O) groups excluding carboxylic acids is 1. The number of hydrogen-bond donors (Lipinski definition) is 1. The summed E-state index contributed by atoms with van der Waals surface area (Å²) in [4.78, 5) is 24.1. The quantitative estimate of drug-likeness (QED) is 0.257. The van der Waals surface area contributed by atoms with Crippen LogP contribution < -0.4 is 5.32 Å². The molecule has 0 spiro atoms. The van der Waals surface area contributed by atoms with Crippen LogP contribution in [0.1, 0.15) is 26.4 Å². The Kier molecular flexibility index (Phi) is 6.02. The first kappa shape index (κ1) is 22.4. The Labute approximate surface area is 210 Å². The van der Waals surface area contributed by atoms with Crippen molar-refractivity contribution in [1.82, 2.24) is 9.97 Å². The Morgan fingerprint density at radius 1 is 0.853 bits per heavy atom. The molecule has 0 atom stereocenters. The maximum Gasteiger partial charge on any atom is 0.258 e. The number of amides is 1. The van der Waals surface area contributed by atoms with Gasteiger partial charge >= 0.3 is 0 Å². The lowest BCUT2D eigenvalue weighted by Crippen LogP contribution is -2.13. The van der Waals surface area contributed by atoms with Gasteiger partial charge in [-0.3, -0.25) is 10.1 Å². The molecule has 4 nitrogen and oxygen atoms in total. The molecule has 0 aliphatic carbocycles. The van der Waals surface area contributed by atoms with Gasteiger partial charge in [0, 0.05) is 25.9 Å². The topological polar surface area (TPSA) is 54.9 Å². The van der Waals surface area contributed by atoms with E-state index in [0.717, 1.165) is 48.3 Å². The lowest BCUT2D eigenvalue weighted by molar-refractivity contribution is 0.102. The number of carbonyl (C=O) groups is 1. The Morgan fingerprint density at radius 2 is 1.65 bits per heavy atom. The molecule has 6 heteroatoms. The summed E-state index contributed by atoms with van der Waals surface area (Å²) in [6, 6.07) is 24.1. The van der Waals surface area contributed by atoms with Crippen LogP contribution in [0.4, 0.5) is 5.13 Å². The number of pyridine rings is 1. The molecule has 0 unspecified atom stereocenters. The number of aromatic nitrogens is 2. The van der Waals surface area contributed by atoms with Gasteiger partial charge in [0.25, 0.3) is 5.91 Å². The molecule has 5 aromatic rings. The highest BCUT2D eigenvalue weighted by Gasteiger charge is 2.18.